The summed E-state index contributed by atoms with van der Waals surface area (Å²) < 4.78 is 10.6. The largest absolute Gasteiger partial charge is 0.484 e. The molecule has 0 saturated heterocycles. The zero-order chi connectivity index (χ0) is 14.5. The van der Waals surface area contributed by atoms with E-state index in [2.05, 4.69) is 15.5 Å². The predicted octanol–water partition coefficient (Wildman–Crippen LogP) is 2.13. The molecule has 1 heterocycles. The highest BCUT2D eigenvalue weighted by atomic mass is 16.5. The van der Waals surface area contributed by atoms with E-state index in [1.54, 1.807) is 31.3 Å². The van der Waals surface area contributed by atoms with Gasteiger partial charge in [-0.1, -0.05) is 19.0 Å². The highest BCUT2D eigenvalue weighted by Gasteiger charge is 2.10. The van der Waals surface area contributed by atoms with E-state index in [0.717, 1.165) is 0 Å². The monoisotopic (exact) mass is 275 g/mol. The summed E-state index contributed by atoms with van der Waals surface area (Å²) in [7, 11) is 1.59. The Labute approximate surface area is 117 Å². The number of benzene rings is 1. The number of hydrogen-bond donors (Lipinski definition) is 1. The van der Waals surface area contributed by atoms with Crippen molar-refractivity contribution in [1.29, 1.82) is 0 Å². The fourth-order valence-corrected chi connectivity index (χ4v) is 1.55. The Morgan fingerprint density at radius 2 is 2.05 bits per heavy atom. The van der Waals surface area contributed by atoms with Crippen molar-refractivity contribution in [2.45, 2.75) is 26.4 Å². The van der Waals surface area contributed by atoms with Crippen molar-refractivity contribution < 1.29 is 14.1 Å². The minimum Gasteiger partial charge on any atom is -0.484 e. The second-order valence-electron chi connectivity index (χ2n) is 4.59. The van der Waals surface area contributed by atoms with Crippen LogP contribution in [0.1, 0.15) is 41.8 Å². The lowest BCUT2D eigenvalue weighted by molar-refractivity contribution is 0.0963. The summed E-state index contributed by atoms with van der Waals surface area (Å²) in [5, 5.41) is 6.42. The fraction of sp³-hybridized carbons (Fsp3) is 0.357. The van der Waals surface area contributed by atoms with Crippen LogP contribution in [0.2, 0.25) is 0 Å². The Bertz CT molecular complexity index is 576. The summed E-state index contributed by atoms with van der Waals surface area (Å²) >= 11 is 0. The zero-order valence-electron chi connectivity index (χ0n) is 11.7. The summed E-state index contributed by atoms with van der Waals surface area (Å²) in [6.07, 6.45) is 0. The number of carbonyl (C=O) groups is 1. The third-order valence-corrected chi connectivity index (χ3v) is 2.71. The van der Waals surface area contributed by atoms with Crippen LogP contribution in [0.4, 0.5) is 0 Å². The number of hydrogen-bond acceptors (Lipinski definition) is 5. The highest BCUT2D eigenvalue weighted by Crippen LogP contribution is 2.15. The summed E-state index contributed by atoms with van der Waals surface area (Å²) in [6.45, 7) is 4.19. The number of aromatic nitrogens is 2. The van der Waals surface area contributed by atoms with Gasteiger partial charge in [0.25, 0.3) is 11.8 Å². The number of rotatable bonds is 5. The van der Waals surface area contributed by atoms with Gasteiger partial charge in [-0.3, -0.25) is 4.79 Å². The molecule has 106 valence electrons. The molecule has 0 aliphatic rings. The van der Waals surface area contributed by atoms with Crippen LogP contribution in [0.15, 0.2) is 28.8 Å². The lowest BCUT2D eigenvalue weighted by Gasteiger charge is -2.04. The van der Waals surface area contributed by atoms with Gasteiger partial charge in [-0.2, -0.15) is 4.98 Å². The molecule has 0 spiro atoms. The Kier molecular flexibility index (Phi) is 4.34. The standard InChI is InChI=1S/C14H17N3O3/c1-9(2)13-16-12(20-17-13)8-19-11-6-4-10(5-7-11)14(18)15-3/h4-7,9H,8H2,1-3H3,(H,15,18). The molecule has 20 heavy (non-hydrogen) atoms. The molecule has 6 heteroatoms. The molecule has 1 aromatic heterocycles. The van der Waals surface area contributed by atoms with Gasteiger partial charge in [-0.15, -0.1) is 0 Å². The molecule has 1 aromatic carbocycles. The number of nitrogens with one attached hydrogen (secondary N) is 1. The molecule has 6 nitrogen and oxygen atoms in total. The molecule has 2 rings (SSSR count). The first kappa shape index (κ1) is 14.0. The molecule has 1 N–H and O–H groups in total. The summed E-state index contributed by atoms with van der Waals surface area (Å²) in [6, 6.07) is 6.84. The number of carbonyl (C=O) groups excluding carboxylic acids is 1. The van der Waals surface area contributed by atoms with Crippen molar-refractivity contribution in [3.63, 3.8) is 0 Å². The molecule has 0 fully saturated rings. The maximum Gasteiger partial charge on any atom is 0.264 e. The van der Waals surface area contributed by atoms with E-state index in [1.807, 2.05) is 13.8 Å². The van der Waals surface area contributed by atoms with Gasteiger partial charge in [-0.05, 0) is 24.3 Å². The van der Waals surface area contributed by atoms with Crippen LogP contribution < -0.4 is 10.1 Å². The number of amides is 1. The Hall–Kier alpha value is -2.37. The van der Waals surface area contributed by atoms with E-state index < -0.39 is 0 Å². The number of ether oxygens (including phenoxy) is 1. The van der Waals surface area contributed by atoms with Crippen molar-refractivity contribution >= 4 is 5.91 Å². The molecule has 0 atom stereocenters. The molecule has 0 unspecified atom stereocenters. The van der Waals surface area contributed by atoms with Crippen LogP contribution in [-0.4, -0.2) is 23.1 Å². The van der Waals surface area contributed by atoms with Crippen LogP contribution in [0.3, 0.4) is 0 Å². The Morgan fingerprint density at radius 3 is 2.60 bits per heavy atom. The Morgan fingerprint density at radius 1 is 1.35 bits per heavy atom. The van der Waals surface area contributed by atoms with E-state index in [-0.39, 0.29) is 18.4 Å². The van der Waals surface area contributed by atoms with E-state index >= 15 is 0 Å². The maximum absolute atomic E-state index is 11.4. The topological polar surface area (TPSA) is 77.2 Å². The minimum atomic E-state index is -0.130. The predicted molar refractivity (Wildman–Crippen MR) is 72.6 cm³/mol. The normalized spacial score (nSPS) is 10.6. The number of nitrogens with zero attached hydrogens (tertiary/aromatic N) is 2. The van der Waals surface area contributed by atoms with Gasteiger partial charge in [-0.25, -0.2) is 0 Å². The van der Waals surface area contributed by atoms with Gasteiger partial charge >= 0.3 is 0 Å². The van der Waals surface area contributed by atoms with Crippen molar-refractivity contribution in [2.75, 3.05) is 7.05 Å². The minimum absolute atomic E-state index is 0.130. The van der Waals surface area contributed by atoms with Gasteiger partial charge < -0.3 is 14.6 Å². The molecule has 0 aliphatic carbocycles. The van der Waals surface area contributed by atoms with Crippen molar-refractivity contribution in [2.24, 2.45) is 0 Å². The fourth-order valence-electron chi connectivity index (χ4n) is 1.55. The van der Waals surface area contributed by atoms with E-state index in [9.17, 15) is 4.79 Å². The molecule has 1 amide bonds. The quantitative estimate of drug-likeness (QED) is 0.904. The second-order valence-corrected chi connectivity index (χ2v) is 4.59. The molecule has 2 aromatic rings. The van der Waals surface area contributed by atoms with E-state index in [0.29, 0.717) is 23.0 Å². The summed E-state index contributed by atoms with van der Waals surface area (Å²) in [5.74, 6) is 1.83. The van der Waals surface area contributed by atoms with Crippen molar-refractivity contribution in [1.82, 2.24) is 15.5 Å². The van der Waals surface area contributed by atoms with Gasteiger partial charge in [0.05, 0.1) is 0 Å². The van der Waals surface area contributed by atoms with Crippen molar-refractivity contribution in [3.8, 4) is 5.75 Å². The van der Waals surface area contributed by atoms with Gasteiger partial charge in [0.2, 0.25) is 0 Å². The molecule has 0 radical (unpaired) electrons. The third kappa shape index (κ3) is 3.34. The highest BCUT2D eigenvalue weighted by molar-refractivity contribution is 5.94. The van der Waals surface area contributed by atoms with Crippen LogP contribution in [0.25, 0.3) is 0 Å². The van der Waals surface area contributed by atoms with Crippen molar-refractivity contribution in [3.05, 3.63) is 41.5 Å². The third-order valence-electron chi connectivity index (χ3n) is 2.71. The molecule has 0 bridgehead atoms. The van der Waals surface area contributed by atoms with E-state index in [4.69, 9.17) is 9.26 Å². The maximum atomic E-state index is 11.4. The van der Waals surface area contributed by atoms with Crippen LogP contribution in [-0.2, 0) is 6.61 Å². The smallest absolute Gasteiger partial charge is 0.264 e. The second kappa shape index (κ2) is 6.18. The zero-order valence-corrected chi connectivity index (χ0v) is 11.7. The Balaban J connectivity index is 1.95. The van der Waals surface area contributed by atoms with E-state index in [1.165, 1.54) is 0 Å². The van der Waals surface area contributed by atoms with Gasteiger partial charge in [0, 0.05) is 18.5 Å². The average molecular weight is 275 g/mol. The molecule has 0 saturated carbocycles. The lowest BCUT2D eigenvalue weighted by atomic mass is 10.2. The SMILES string of the molecule is CNC(=O)c1ccc(OCc2nc(C(C)C)no2)cc1. The molecule has 0 aliphatic heterocycles. The molecular weight excluding hydrogens is 258 g/mol. The first-order valence-electron chi connectivity index (χ1n) is 6.37. The van der Waals surface area contributed by atoms with Crippen LogP contribution >= 0.6 is 0 Å². The lowest BCUT2D eigenvalue weighted by Crippen LogP contribution is -2.17. The van der Waals surface area contributed by atoms with Gasteiger partial charge in [0.15, 0.2) is 12.4 Å². The first-order chi connectivity index (χ1) is 9.60. The van der Waals surface area contributed by atoms with Crippen LogP contribution in [0.5, 0.6) is 5.75 Å². The summed E-state index contributed by atoms with van der Waals surface area (Å²) in [4.78, 5) is 15.6. The average Bonchev–Trinajstić information content (AvgIpc) is 2.94. The summed E-state index contributed by atoms with van der Waals surface area (Å²) in [5.41, 5.74) is 0.583. The van der Waals surface area contributed by atoms with Crippen LogP contribution in [0, 0.1) is 0 Å². The van der Waals surface area contributed by atoms with Gasteiger partial charge in [0.1, 0.15) is 5.75 Å². The molecular formula is C14H17N3O3. The first-order valence-corrected chi connectivity index (χ1v) is 6.37.